The maximum atomic E-state index is 12.6. The van der Waals surface area contributed by atoms with Crippen LogP contribution in [-0.2, 0) is 11.2 Å². The number of rotatable bonds is 5. The van der Waals surface area contributed by atoms with E-state index in [0.29, 0.717) is 18.1 Å². The monoisotopic (exact) mass is 374 g/mol. The van der Waals surface area contributed by atoms with Gasteiger partial charge < -0.3 is 9.32 Å². The molecule has 0 unspecified atom stereocenters. The highest BCUT2D eigenvalue weighted by Gasteiger charge is 2.23. The van der Waals surface area contributed by atoms with Crippen LogP contribution < -0.4 is 0 Å². The highest BCUT2D eigenvalue weighted by molar-refractivity contribution is 5.83. The second kappa shape index (κ2) is 8.11. The number of aromatic nitrogens is 1. The predicted molar refractivity (Wildman–Crippen MR) is 111 cm³/mol. The Hall–Kier alpha value is -2.72. The van der Waals surface area contributed by atoms with Gasteiger partial charge >= 0.3 is 0 Å². The molecule has 1 aliphatic rings. The van der Waals surface area contributed by atoms with Gasteiger partial charge in [-0.2, -0.15) is 0 Å². The predicted octanol–water partition coefficient (Wildman–Crippen LogP) is 4.77. The molecule has 0 saturated carbocycles. The van der Waals surface area contributed by atoms with Gasteiger partial charge in [0, 0.05) is 17.9 Å². The minimum Gasteiger partial charge on any atom is -0.445 e. The van der Waals surface area contributed by atoms with Crippen molar-refractivity contribution in [1.82, 2.24) is 9.88 Å². The zero-order chi connectivity index (χ0) is 19.5. The number of carbonyl (C=O) groups excluding carboxylic acids is 1. The molecular weight excluding hydrogens is 348 g/mol. The van der Waals surface area contributed by atoms with Crippen LogP contribution in [0.15, 0.2) is 59.3 Å². The zero-order valence-electron chi connectivity index (χ0n) is 16.5. The van der Waals surface area contributed by atoms with E-state index >= 15 is 0 Å². The van der Waals surface area contributed by atoms with E-state index in [1.165, 1.54) is 5.56 Å². The number of aryl methyl sites for hydroxylation is 1. The minimum absolute atomic E-state index is 0.218. The summed E-state index contributed by atoms with van der Waals surface area (Å²) >= 11 is 0. The summed E-state index contributed by atoms with van der Waals surface area (Å²) in [5, 5.41) is 0. The molecule has 2 aromatic carbocycles. The van der Waals surface area contributed by atoms with Crippen LogP contribution in [0.25, 0.3) is 22.6 Å². The van der Waals surface area contributed by atoms with Crippen LogP contribution in [0, 0.1) is 12.8 Å². The molecule has 0 amide bonds. The van der Waals surface area contributed by atoms with Gasteiger partial charge in [-0.1, -0.05) is 30.3 Å². The molecule has 4 rings (SSSR count). The number of carbonyl (C=O) groups is 1. The van der Waals surface area contributed by atoms with Gasteiger partial charge in [-0.3, -0.25) is 4.79 Å². The van der Waals surface area contributed by atoms with Crippen molar-refractivity contribution in [3.8, 4) is 22.6 Å². The molecule has 2 heterocycles. The van der Waals surface area contributed by atoms with Gasteiger partial charge in [0.1, 0.15) is 12.0 Å². The van der Waals surface area contributed by atoms with E-state index < -0.39 is 0 Å². The summed E-state index contributed by atoms with van der Waals surface area (Å²) in [5.41, 5.74) is 5.55. The molecule has 144 valence electrons. The molecule has 3 aromatic rings. The molecule has 28 heavy (non-hydrogen) atoms. The van der Waals surface area contributed by atoms with Crippen molar-refractivity contribution >= 4 is 5.78 Å². The molecule has 0 N–H and O–H groups in total. The number of hydrogen-bond donors (Lipinski definition) is 0. The topological polar surface area (TPSA) is 46.3 Å². The Morgan fingerprint density at radius 1 is 1.11 bits per heavy atom. The summed E-state index contributed by atoms with van der Waals surface area (Å²) in [6, 6.07) is 14.6. The van der Waals surface area contributed by atoms with Gasteiger partial charge in [-0.15, -0.1) is 0 Å². The molecule has 1 aliphatic heterocycles. The van der Waals surface area contributed by atoms with E-state index in [4.69, 9.17) is 4.42 Å². The van der Waals surface area contributed by atoms with Gasteiger partial charge in [0.05, 0.1) is 6.20 Å². The lowest BCUT2D eigenvalue weighted by atomic mass is 9.89. The van der Waals surface area contributed by atoms with Crippen molar-refractivity contribution in [3.63, 3.8) is 0 Å². The van der Waals surface area contributed by atoms with E-state index in [-0.39, 0.29) is 5.92 Å². The third-order valence-corrected chi connectivity index (χ3v) is 5.73. The van der Waals surface area contributed by atoms with E-state index in [9.17, 15) is 4.79 Å². The standard InChI is InChI=1S/C24H26N2O2/c1-17-3-6-21(24-25-11-14-28-24)16-22(17)19-7-4-18(5-8-19)15-23(27)20-9-12-26(2)13-10-20/h3-8,11,14,16,20H,9-10,12-13,15H2,1-2H3. The zero-order valence-corrected chi connectivity index (χ0v) is 16.5. The van der Waals surface area contributed by atoms with E-state index in [0.717, 1.165) is 48.2 Å². The molecule has 0 radical (unpaired) electrons. The van der Waals surface area contributed by atoms with Gasteiger partial charge in [-0.25, -0.2) is 4.98 Å². The molecule has 1 fully saturated rings. The Balaban J connectivity index is 1.49. The van der Waals surface area contributed by atoms with Crippen LogP contribution in [0.2, 0.25) is 0 Å². The molecule has 4 heteroatoms. The number of likely N-dealkylation sites (tertiary alicyclic amines) is 1. The number of hydrogen-bond acceptors (Lipinski definition) is 4. The number of ketones is 1. The van der Waals surface area contributed by atoms with Crippen molar-refractivity contribution in [2.45, 2.75) is 26.2 Å². The van der Waals surface area contributed by atoms with Crippen molar-refractivity contribution in [2.75, 3.05) is 20.1 Å². The van der Waals surface area contributed by atoms with E-state index in [1.54, 1.807) is 12.5 Å². The first-order valence-corrected chi connectivity index (χ1v) is 9.91. The van der Waals surface area contributed by atoms with Crippen LogP contribution in [0.3, 0.4) is 0 Å². The summed E-state index contributed by atoms with van der Waals surface area (Å²) < 4.78 is 5.43. The quantitative estimate of drug-likeness (QED) is 0.645. The summed E-state index contributed by atoms with van der Waals surface area (Å²) in [5.74, 6) is 1.22. The fraction of sp³-hybridized carbons (Fsp3) is 0.333. The van der Waals surface area contributed by atoms with E-state index in [2.05, 4.69) is 60.3 Å². The third-order valence-electron chi connectivity index (χ3n) is 5.73. The van der Waals surface area contributed by atoms with Crippen LogP contribution in [-0.4, -0.2) is 35.8 Å². The highest BCUT2D eigenvalue weighted by atomic mass is 16.3. The second-order valence-corrected chi connectivity index (χ2v) is 7.78. The van der Waals surface area contributed by atoms with Gasteiger partial charge in [-0.05, 0) is 74.3 Å². The maximum absolute atomic E-state index is 12.6. The molecule has 0 atom stereocenters. The Bertz CT molecular complexity index is 937. The Morgan fingerprint density at radius 3 is 2.50 bits per heavy atom. The molecule has 4 nitrogen and oxygen atoms in total. The first-order valence-electron chi connectivity index (χ1n) is 9.91. The SMILES string of the molecule is Cc1ccc(-c2ncco2)cc1-c1ccc(CC(=O)C2CCN(C)CC2)cc1. The molecule has 0 bridgehead atoms. The summed E-state index contributed by atoms with van der Waals surface area (Å²) in [7, 11) is 2.12. The lowest BCUT2D eigenvalue weighted by Crippen LogP contribution is -2.34. The number of benzene rings is 2. The van der Waals surface area contributed by atoms with Crippen molar-refractivity contribution in [1.29, 1.82) is 0 Å². The summed E-state index contributed by atoms with van der Waals surface area (Å²) in [4.78, 5) is 19.2. The minimum atomic E-state index is 0.218. The molecular formula is C24H26N2O2. The summed E-state index contributed by atoms with van der Waals surface area (Å²) in [6.07, 6.45) is 5.75. The Morgan fingerprint density at radius 2 is 1.82 bits per heavy atom. The van der Waals surface area contributed by atoms with E-state index in [1.807, 2.05) is 6.07 Å². The highest BCUT2D eigenvalue weighted by Crippen LogP contribution is 2.29. The van der Waals surface area contributed by atoms with Crippen LogP contribution in [0.1, 0.15) is 24.0 Å². The second-order valence-electron chi connectivity index (χ2n) is 7.78. The molecule has 1 saturated heterocycles. The van der Waals surface area contributed by atoms with Crippen molar-refractivity contribution in [2.24, 2.45) is 5.92 Å². The number of piperidine rings is 1. The first-order chi connectivity index (χ1) is 13.6. The average Bonchev–Trinajstić information content (AvgIpc) is 3.24. The molecule has 1 aromatic heterocycles. The normalized spacial score (nSPS) is 15.6. The molecule has 0 spiro atoms. The number of nitrogens with zero attached hydrogens (tertiary/aromatic N) is 2. The average molecular weight is 374 g/mol. The summed E-state index contributed by atoms with van der Waals surface area (Å²) in [6.45, 7) is 4.15. The Labute approximate surface area is 166 Å². The van der Waals surface area contributed by atoms with Gasteiger partial charge in [0.15, 0.2) is 0 Å². The smallest absolute Gasteiger partial charge is 0.225 e. The lowest BCUT2D eigenvalue weighted by molar-refractivity contribution is -0.123. The van der Waals surface area contributed by atoms with Crippen LogP contribution >= 0.6 is 0 Å². The number of Topliss-reactive ketones (excluding diaryl/α,β-unsaturated/α-hetero) is 1. The van der Waals surface area contributed by atoms with Crippen LogP contribution in [0.4, 0.5) is 0 Å². The third kappa shape index (κ3) is 4.07. The van der Waals surface area contributed by atoms with Gasteiger partial charge in [0.25, 0.3) is 0 Å². The molecule has 0 aliphatic carbocycles. The fourth-order valence-electron chi connectivity index (χ4n) is 3.91. The lowest BCUT2D eigenvalue weighted by Gasteiger charge is -2.28. The fourth-order valence-corrected chi connectivity index (χ4v) is 3.91. The van der Waals surface area contributed by atoms with Crippen molar-refractivity contribution in [3.05, 3.63) is 66.1 Å². The van der Waals surface area contributed by atoms with Crippen LogP contribution in [0.5, 0.6) is 0 Å². The first kappa shape index (κ1) is 18.6. The van der Waals surface area contributed by atoms with Gasteiger partial charge in [0.2, 0.25) is 5.89 Å². The maximum Gasteiger partial charge on any atom is 0.225 e. The van der Waals surface area contributed by atoms with Crippen molar-refractivity contribution < 1.29 is 9.21 Å². The number of oxazole rings is 1. The largest absolute Gasteiger partial charge is 0.445 e. The Kier molecular flexibility index (Phi) is 5.40.